The second-order valence-electron chi connectivity index (χ2n) is 7.97. The Kier molecular flexibility index (Phi) is 7.87. The Balaban J connectivity index is 1.96. The summed E-state index contributed by atoms with van der Waals surface area (Å²) in [6.07, 6.45) is 1.66. The van der Waals surface area contributed by atoms with E-state index in [2.05, 4.69) is 4.99 Å². The molecule has 4 rings (SSSR count). The average Bonchev–Trinajstić information content (AvgIpc) is 3.14. The van der Waals surface area contributed by atoms with Gasteiger partial charge in [0.05, 0.1) is 35.6 Å². The van der Waals surface area contributed by atoms with E-state index < -0.39 is 18.0 Å². The minimum absolute atomic E-state index is 0.149. The summed E-state index contributed by atoms with van der Waals surface area (Å²) in [5, 5.41) is 0.869. The van der Waals surface area contributed by atoms with Crippen molar-refractivity contribution in [3.63, 3.8) is 0 Å². The van der Waals surface area contributed by atoms with Crippen molar-refractivity contribution in [3.05, 3.63) is 88.5 Å². The Morgan fingerprint density at radius 3 is 2.57 bits per heavy atom. The van der Waals surface area contributed by atoms with Crippen molar-refractivity contribution in [2.75, 3.05) is 13.7 Å². The number of carbonyl (C=O) groups excluding carboxylic acids is 2. The molecule has 192 valence electrons. The van der Waals surface area contributed by atoms with Gasteiger partial charge in [0.2, 0.25) is 0 Å². The van der Waals surface area contributed by atoms with Gasteiger partial charge in [-0.15, -0.1) is 0 Å². The molecule has 0 saturated carbocycles. The van der Waals surface area contributed by atoms with Crippen molar-refractivity contribution in [2.24, 2.45) is 4.99 Å². The van der Waals surface area contributed by atoms with Crippen LogP contribution in [0.15, 0.2) is 57.5 Å². The Morgan fingerprint density at radius 2 is 1.92 bits per heavy atom. The maximum Gasteiger partial charge on any atom is 0.338 e. The number of aromatic nitrogens is 1. The average molecular weight is 561 g/mol. The van der Waals surface area contributed by atoms with Crippen molar-refractivity contribution >= 4 is 52.6 Å². The van der Waals surface area contributed by atoms with Crippen molar-refractivity contribution < 1.29 is 23.8 Å². The van der Waals surface area contributed by atoms with E-state index in [0.29, 0.717) is 36.2 Å². The van der Waals surface area contributed by atoms with E-state index in [9.17, 15) is 14.4 Å². The highest BCUT2D eigenvalue weighted by Gasteiger charge is 2.34. The van der Waals surface area contributed by atoms with Gasteiger partial charge in [0.1, 0.15) is 0 Å². The highest BCUT2D eigenvalue weighted by atomic mass is 35.5. The lowest BCUT2D eigenvalue weighted by Gasteiger charge is -2.25. The fourth-order valence-electron chi connectivity index (χ4n) is 3.96. The van der Waals surface area contributed by atoms with Gasteiger partial charge in [-0.25, -0.2) is 9.79 Å². The molecule has 1 aromatic heterocycles. The predicted molar refractivity (Wildman–Crippen MR) is 141 cm³/mol. The summed E-state index contributed by atoms with van der Waals surface area (Å²) in [6.45, 7) is 4.82. The van der Waals surface area contributed by atoms with Crippen LogP contribution >= 0.6 is 34.5 Å². The van der Waals surface area contributed by atoms with Gasteiger partial charge in [0.15, 0.2) is 16.3 Å². The Morgan fingerprint density at radius 1 is 1.16 bits per heavy atom. The molecule has 37 heavy (non-hydrogen) atoms. The smallest absolute Gasteiger partial charge is 0.338 e. The summed E-state index contributed by atoms with van der Waals surface area (Å²) >= 11 is 13.5. The summed E-state index contributed by atoms with van der Waals surface area (Å²) in [5.41, 5.74) is 1.43. The first-order valence-corrected chi connectivity index (χ1v) is 12.7. The number of esters is 2. The molecule has 0 N–H and O–H groups in total. The summed E-state index contributed by atoms with van der Waals surface area (Å²) < 4.78 is 17.8. The van der Waals surface area contributed by atoms with E-state index >= 15 is 0 Å². The molecule has 1 atom stereocenters. The molecule has 0 fully saturated rings. The maximum atomic E-state index is 13.7. The molecule has 0 radical (unpaired) electrons. The number of hydrogen-bond donors (Lipinski definition) is 0. The molecule has 3 aromatic rings. The van der Waals surface area contributed by atoms with Gasteiger partial charge in [0, 0.05) is 17.0 Å². The normalized spacial score (nSPS) is 15.2. The third-order valence-electron chi connectivity index (χ3n) is 5.52. The zero-order valence-corrected chi connectivity index (χ0v) is 22.7. The molecule has 0 spiro atoms. The number of carbonyl (C=O) groups is 2. The summed E-state index contributed by atoms with van der Waals surface area (Å²) in [5.74, 6) is -0.628. The van der Waals surface area contributed by atoms with Crippen molar-refractivity contribution in [1.82, 2.24) is 4.57 Å². The first-order chi connectivity index (χ1) is 17.6. The number of nitrogens with zero attached hydrogens (tertiary/aromatic N) is 2. The largest absolute Gasteiger partial charge is 0.493 e. The Bertz CT molecular complexity index is 1620. The first kappa shape index (κ1) is 26.7. The molecule has 1 unspecified atom stereocenters. The molecule has 0 saturated heterocycles. The number of halogens is 2. The molecule has 11 heteroatoms. The van der Waals surface area contributed by atoms with Gasteiger partial charge in [-0.2, -0.15) is 0 Å². The third-order valence-corrected chi connectivity index (χ3v) is 7.07. The van der Waals surface area contributed by atoms with Crippen LogP contribution in [0.5, 0.6) is 11.5 Å². The van der Waals surface area contributed by atoms with Crippen LogP contribution in [0.1, 0.15) is 37.9 Å². The summed E-state index contributed by atoms with van der Waals surface area (Å²) in [4.78, 5) is 43.2. The van der Waals surface area contributed by atoms with Crippen LogP contribution in [0.4, 0.5) is 0 Å². The molecular weight excluding hydrogens is 539 g/mol. The van der Waals surface area contributed by atoms with E-state index in [0.717, 1.165) is 0 Å². The molecule has 0 bridgehead atoms. The zero-order chi connectivity index (χ0) is 26.9. The number of ether oxygens (including phenoxy) is 3. The van der Waals surface area contributed by atoms with Crippen molar-refractivity contribution in [2.45, 2.75) is 26.8 Å². The molecule has 2 heterocycles. The van der Waals surface area contributed by atoms with Crippen molar-refractivity contribution in [1.29, 1.82) is 0 Å². The van der Waals surface area contributed by atoms with Gasteiger partial charge in [-0.05, 0) is 55.3 Å². The van der Waals surface area contributed by atoms with Gasteiger partial charge in [0.25, 0.3) is 5.56 Å². The Labute approximate surface area is 226 Å². The van der Waals surface area contributed by atoms with E-state index in [1.165, 1.54) is 29.9 Å². The lowest BCUT2D eigenvalue weighted by molar-refractivity contribution is -0.139. The minimum Gasteiger partial charge on any atom is -0.493 e. The van der Waals surface area contributed by atoms with E-state index in [4.69, 9.17) is 37.4 Å². The lowest BCUT2D eigenvalue weighted by atomic mass is 9.95. The second-order valence-corrected chi connectivity index (χ2v) is 9.82. The fraction of sp³-hybridized carbons (Fsp3) is 0.231. The molecule has 8 nitrogen and oxygen atoms in total. The second kappa shape index (κ2) is 10.9. The molecule has 1 aliphatic heterocycles. The number of allylic oxidation sites excluding steroid dienone is 1. The Hall–Kier alpha value is -3.40. The molecule has 1 aliphatic rings. The number of fused-ring (bicyclic) bond motifs is 1. The highest BCUT2D eigenvalue weighted by molar-refractivity contribution is 7.07. The topological polar surface area (TPSA) is 96.2 Å². The standard InChI is InChI=1S/C26H22Cl2N2O6S/c1-5-35-25(33)22-13(2)29-26-30(23(22)16-7-9-19(36-14(3)31)20(10-16)34-4)24(32)21(37-26)11-15-6-8-17(27)12-18(15)28/h6-12,23H,5H2,1-4H3/b21-11-. The number of methoxy groups -OCH3 is 1. The van der Waals surface area contributed by atoms with Gasteiger partial charge < -0.3 is 14.2 Å². The van der Waals surface area contributed by atoms with E-state index in [1.54, 1.807) is 56.3 Å². The molecular formula is C26H22Cl2N2O6S. The maximum absolute atomic E-state index is 13.7. The van der Waals surface area contributed by atoms with E-state index in [-0.39, 0.29) is 29.2 Å². The van der Waals surface area contributed by atoms with Crippen LogP contribution < -0.4 is 24.4 Å². The number of thiazole rings is 1. The number of benzene rings is 2. The SMILES string of the molecule is CCOC(=O)C1=C(C)N=c2s/c(=C\c3ccc(Cl)cc3Cl)c(=O)n2C1c1ccc(OC(C)=O)c(OC)c1. The number of rotatable bonds is 6. The lowest BCUT2D eigenvalue weighted by Crippen LogP contribution is -2.40. The minimum atomic E-state index is -0.863. The van der Waals surface area contributed by atoms with Crippen LogP contribution in [0, 0.1) is 0 Å². The van der Waals surface area contributed by atoms with Gasteiger partial charge in [-0.1, -0.05) is 46.7 Å². The molecule has 0 amide bonds. The molecule has 0 aliphatic carbocycles. The fourth-order valence-corrected chi connectivity index (χ4v) is 5.46. The van der Waals surface area contributed by atoms with Gasteiger partial charge >= 0.3 is 11.9 Å². The summed E-state index contributed by atoms with van der Waals surface area (Å²) in [7, 11) is 1.43. The monoisotopic (exact) mass is 560 g/mol. The van der Waals surface area contributed by atoms with Crippen LogP contribution in [-0.4, -0.2) is 30.2 Å². The molecule has 2 aromatic carbocycles. The third kappa shape index (κ3) is 5.34. The highest BCUT2D eigenvalue weighted by Crippen LogP contribution is 2.36. The summed E-state index contributed by atoms with van der Waals surface area (Å²) in [6, 6.07) is 8.96. The van der Waals surface area contributed by atoms with Crippen molar-refractivity contribution in [3.8, 4) is 11.5 Å². The van der Waals surface area contributed by atoms with Crippen LogP contribution in [0.2, 0.25) is 10.0 Å². The van der Waals surface area contributed by atoms with Crippen LogP contribution in [0.25, 0.3) is 6.08 Å². The van der Waals surface area contributed by atoms with Crippen LogP contribution in [0.3, 0.4) is 0 Å². The quantitative estimate of drug-likeness (QED) is 0.333. The van der Waals surface area contributed by atoms with E-state index in [1.807, 2.05) is 0 Å². The van der Waals surface area contributed by atoms with Gasteiger partial charge in [-0.3, -0.25) is 14.2 Å². The predicted octanol–water partition coefficient (Wildman–Crippen LogP) is 4.04. The number of hydrogen-bond acceptors (Lipinski definition) is 8. The zero-order valence-electron chi connectivity index (χ0n) is 20.3. The van der Waals surface area contributed by atoms with Crippen LogP contribution in [-0.2, 0) is 14.3 Å². The first-order valence-electron chi connectivity index (χ1n) is 11.2.